The Morgan fingerprint density at radius 2 is 2.35 bits per heavy atom. The number of aliphatic carboxylic acids is 1. The van der Waals surface area contributed by atoms with Crippen LogP contribution in [0.15, 0.2) is 0 Å². The molecule has 0 aromatic rings. The highest BCUT2D eigenvalue weighted by Crippen LogP contribution is 2.17. The average molecular weight is 288 g/mol. The van der Waals surface area contributed by atoms with Crippen molar-refractivity contribution < 1.29 is 19.1 Å². The lowest BCUT2D eigenvalue weighted by atomic mass is 9.99. The Labute approximate surface area is 117 Å². The molecule has 2 N–H and O–H groups in total. The zero-order valence-electron chi connectivity index (χ0n) is 11.8. The van der Waals surface area contributed by atoms with Gasteiger partial charge in [0, 0.05) is 25.7 Å². The number of hydroxylamine groups is 1. The summed E-state index contributed by atoms with van der Waals surface area (Å²) in [6, 6.07) is 1.91. The summed E-state index contributed by atoms with van der Waals surface area (Å²) in [4.78, 5) is 18.8. The molecule has 0 aromatic heterocycles. The molecule has 1 unspecified atom stereocenters. The van der Waals surface area contributed by atoms with Crippen LogP contribution in [0.4, 0.5) is 4.39 Å². The first kappa shape index (κ1) is 16.8. The van der Waals surface area contributed by atoms with Gasteiger partial charge in [-0.05, 0) is 26.9 Å². The van der Waals surface area contributed by atoms with Gasteiger partial charge in [0.2, 0.25) is 0 Å². The van der Waals surface area contributed by atoms with Crippen molar-refractivity contribution >= 4 is 5.97 Å². The highest BCUT2D eigenvalue weighted by Gasteiger charge is 2.29. The molecule has 0 radical (unpaired) electrons. The third-order valence-corrected chi connectivity index (χ3v) is 3.20. The van der Waals surface area contributed by atoms with E-state index in [1.165, 1.54) is 0 Å². The van der Waals surface area contributed by atoms with Gasteiger partial charge in [0.05, 0.1) is 12.1 Å². The molecule has 1 aliphatic rings. The number of hydrogen-bond acceptors (Lipinski definition) is 6. The number of nitrogens with one attached hydrogen (secondary N) is 1. The predicted octanol–water partition coefficient (Wildman–Crippen LogP) is -0.194. The summed E-state index contributed by atoms with van der Waals surface area (Å²) in [6.45, 7) is 2.06. The second-order valence-electron chi connectivity index (χ2n) is 5.11. The van der Waals surface area contributed by atoms with E-state index in [-0.39, 0.29) is 12.1 Å². The Kier molecular flexibility index (Phi) is 6.81. The number of hydrogen-bond donors (Lipinski definition) is 2. The van der Waals surface area contributed by atoms with E-state index in [4.69, 9.17) is 10.4 Å². The van der Waals surface area contributed by atoms with Crippen molar-refractivity contribution in [2.75, 3.05) is 33.7 Å². The van der Waals surface area contributed by atoms with E-state index in [2.05, 4.69) is 16.4 Å². The van der Waals surface area contributed by atoms with Crippen molar-refractivity contribution in [1.82, 2.24) is 15.3 Å². The summed E-state index contributed by atoms with van der Waals surface area (Å²) in [5.74, 6) is -1.66. The number of nitriles is 1. The lowest BCUT2D eigenvalue weighted by Crippen LogP contribution is -2.52. The van der Waals surface area contributed by atoms with Crippen LogP contribution < -0.4 is 5.48 Å². The Bertz CT molecular complexity index is 361. The summed E-state index contributed by atoms with van der Waals surface area (Å²) < 4.78 is 12.8. The van der Waals surface area contributed by atoms with Gasteiger partial charge in [0.15, 0.2) is 0 Å². The Morgan fingerprint density at radius 3 is 2.90 bits per heavy atom. The molecule has 0 saturated carbocycles. The molecule has 1 heterocycles. The molecule has 3 atom stereocenters. The number of likely N-dealkylation sites (tertiary alicyclic amines) is 1. The number of likely N-dealkylation sites (N-methyl/N-ethyl adjacent to an activating group) is 1. The fourth-order valence-electron chi connectivity index (χ4n) is 2.07. The SMILES string of the molecule is CN(C)CCN1C[C@H](NOC(F)C(=O)O)CC[C@H]1C#N. The molecule has 1 aliphatic heterocycles. The monoisotopic (exact) mass is 288 g/mol. The smallest absolute Gasteiger partial charge is 0.367 e. The molecule has 0 bridgehead atoms. The van der Waals surface area contributed by atoms with Crippen LogP contribution in [-0.4, -0.2) is 73.0 Å². The number of nitrogens with zero attached hydrogens (tertiary/aromatic N) is 3. The van der Waals surface area contributed by atoms with Crippen LogP contribution in [0.5, 0.6) is 0 Å². The standard InChI is InChI=1S/C12H21FN4O3/c1-16(2)5-6-17-8-9(3-4-10(17)7-14)15-20-11(13)12(18)19/h9-11,15H,3-6,8H2,1-2H3,(H,18,19)/t9-,10+,11?/m1/s1. The second kappa shape index (κ2) is 8.11. The fourth-order valence-corrected chi connectivity index (χ4v) is 2.07. The summed E-state index contributed by atoms with van der Waals surface area (Å²) in [5, 5.41) is 17.5. The van der Waals surface area contributed by atoms with Gasteiger partial charge in [-0.3, -0.25) is 9.74 Å². The number of carboxylic acids is 1. The molecule has 20 heavy (non-hydrogen) atoms. The number of carbonyl (C=O) groups is 1. The van der Waals surface area contributed by atoms with Crippen LogP contribution in [-0.2, 0) is 9.63 Å². The van der Waals surface area contributed by atoms with Gasteiger partial charge in [-0.2, -0.15) is 10.7 Å². The molecule has 1 rings (SSSR count). The molecule has 114 valence electrons. The largest absolute Gasteiger partial charge is 0.477 e. The molecule has 1 fully saturated rings. The first-order valence-corrected chi connectivity index (χ1v) is 6.50. The quantitative estimate of drug-likeness (QED) is 0.627. The Morgan fingerprint density at radius 1 is 1.65 bits per heavy atom. The summed E-state index contributed by atoms with van der Waals surface area (Å²) in [5.41, 5.74) is 2.44. The van der Waals surface area contributed by atoms with E-state index in [9.17, 15) is 9.18 Å². The highest BCUT2D eigenvalue weighted by atomic mass is 19.1. The van der Waals surface area contributed by atoms with Crippen LogP contribution in [0.25, 0.3) is 0 Å². The van der Waals surface area contributed by atoms with Gasteiger partial charge in [-0.15, -0.1) is 0 Å². The van der Waals surface area contributed by atoms with E-state index in [1.54, 1.807) is 0 Å². The van der Waals surface area contributed by atoms with E-state index >= 15 is 0 Å². The minimum atomic E-state index is -2.38. The van der Waals surface area contributed by atoms with Crippen LogP contribution in [0, 0.1) is 11.3 Å². The predicted molar refractivity (Wildman–Crippen MR) is 69.3 cm³/mol. The zero-order valence-corrected chi connectivity index (χ0v) is 11.8. The average Bonchev–Trinajstić information content (AvgIpc) is 2.42. The fraction of sp³-hybridized carbons (Fsp3) is 0.833. The van der Waals surface area contributed by atoms with Gasteiger partial charge in [0.25, 0.3) is 0 Å². The van der Waals surface area contributed by atoms with Crippen molar-refractivity contribution in [3.8, 4) is 6.07 Å². The number of rotatable bonds is 7. The third-order valence-electron chi connectivity index (χ3n) is 3.20. The summed E-state index contributed by atoms with van der Waals surface area (Å²) in [7, 11) is 3.90. The summed E-state index contributed by atoms with van der Waals surface area (Å²) in [6.07, 6.45) is -1.09. The van der Waals surface area contributed by atoms with Gasteiger partial charge >= 0.3 is 12.3 Å². The van der Waals surface area contributed by atoms with E-state index in [0.29, 0.717) is 19.4 Å². The van der Waals surface area contributed by atoms with Crippen LogP contribution in [0.1, 0.15) is 12.8 Å². The lowest BCUT2D eigenvalue weighted by Gasteiger charge is -2.36. The van der Waals surface area contributed by atoms with Gasteiger partial charge in [-0.1, -0.05) is 0 Å². The number of alkyl halides is 1. The van der Waals surface area contributed by atoms with Gasteiger partial charge in [0.1, 0.15) is 0 Å². The molecule has 7 nitrogen and oxygen atoms in total. The van der Waals surface area contributed by atoms with Crippen molar-refractivity contribution in [1.29, 1.82) is 5.26 Å². The molecule has 0 aromatic carbocycles. The van der Waals surface area contributed by atoms with Crippen LogP contribution in [0.2, 0.25) is 0 Å². The third kappa shape index (κ3) is 5.38. The lowest BCUT2D eigenvalue weighted by molar-refractivity contribution is -0.177. The highest BCUT2D eigenvalue weighted by molar-refractivity contribution is 5.70. The molecule has 8 heteroatoms. The maximum atomic E-state index is 12.8. The normalized spacial score (nSPS) is 25.4. The first-order chi connectivity index (χ1) is 9.43. The topological polar surface area (TPSA) is 88.8 Å². The van der Waals surface area contributed by atoms with Gasteiger partial charge in [-0.25, -0.2) is 9.18 Å². The molecule has 0 spiro atoms. The van der Waals surface area contributed by atoms with E-state index in [0.717, 1.165) is 13.1 Å². The van der Waals surface area contributed by atoms with E-state index in [1.807, 2.05) is 23.9 Å². The van der Waals surface area contributed by atoms with E-state index < -0.39 is 12.3 Å². The molecule has 1 saturated heterocycles. The van der Waals surface area contributed by atoms with Crippen molar-refractivity contribution in [2.45, 2.75) is 31.3 Å². The second-order valence-corrected chi connectivity index (χ2v) is 5.11. The Hall–Kier alpha value is -1.27. The minimum Gasteiger partial charge on any atom is -0.477 e. The molecule has 0 amide bonds. The molecular formula is C12H21FN4O3. The Balaban J connectivity index is 2.44. The van der Waals surface area contributed by atoms with Crippen molar-refractivity contribution in [3.05, 3.63) is 0 Å². The van der Waals surface area contributed by atoms with Crippen LogP contribution in [0.3, 0.4) is 0 Å². The van der Waals surface area contributed by atoms with Gasteiger partial charge < -0.3 is 10.0 Å². The number of carboxylic acid groups (broad SMARTS) is 1. The number of halogens is 1. The minimum absolute atomic E-state index is 0.159. The molecule has 0 aliphatic carbocycles. The number of piperidine rings is 1. The van der Waals surface area contributed by atoms with Crippen LogP contribution >= 0.6 is 0 Å². The zero-order chi connectivity index (χ0) is 15.1. The maximum Gasteiger partial charge on any atom is 0.367 e. The van der Waals surface area contributed by atoms with Crippen molar-refractivity contribution in [2.24, 2.45) is 0 Å². The molecular weight excluding hydrogens is 267 g/mol. The first-order valence-electron chi connectivity index (χ1n) is 6.50. The van der Waals surface area contributed by atoms with Crippen molar-refractivity contribution in [3.63, 3.8) is 0 Å². The maximum absolute atomic E-state index is 12.8. The summed E-state index contributed by atoms with van der Waals surface area (Å²) >= 11 is 0.